The Kier molecular flexibility index (Phi) is 2.92. The third-order valence-electron chi connectivity index (χ3n) is 4.32. The lowest BCUT2D eigenvalue weighted by Gasteiger charge is -2.40. The number of hydrogen-bond donors (Lipinski definition) is 1. The van der Waals surface area contributed by atoms with Gasteiger partial charge in [0.25, 0.3) is 0 Å². The van der Waals surface area contributed by atoms with E-state index >= 15 is 0 Å². The van der Waals surface area contributed by atoms with Crippen LogP contribution in [0.5, 0.6) is 0 Å². The maximum Gasteiger partial charge on any atom is 0.00388 e. The fourth-order valence-electron chi connectivity index (χ4n) is 3.39. The maximum atomic E-state index is 5.99. The van der Waals surface area contributed by atoms with Gasteiger partial charge in [0.2, 0.25) is 0 Å². The SMILES string of the molecule is C[C@@H](N)C1CCC2CCCCC2C1. The lowest BCUT2D eigenvalue weighted by Crippen LogP contribution is -2.35. The monoisotopic (exact) mass is 181 g/mol. The topological polar surface area (TPSA) is 26.0 Å². The molecule has 0 amide bonds. The van der Waals surface area contributed by atoms with Crippen molar-refractivity contribution in [1.29, 1.82) is 0 Å². The largest absolute Gasteiger partial charge is 0.328 e. The summed E-state index contributed by atoms with van der Waals surface area (Å²) in [7, 11) is 0. The van der Waals surface area contributed by atoms with Gasteiger partial charge < -0.3 is 5.73 Å². The van der Waals surface area contributed by atoms with Gasteiger partial charge in [-0.25, -0.2) is 0 Å². The van der Waals surface area contributed by atoms with Crippen LogP contribution in [0.3, 0.4) is 0 Å². The minimum absolute atomic E-state index is 0.433. The molecule has 0 radical (unpaired) electrons. The molecule has 2 rings (SSSR count). The van der Waals surface area contributed by atoms with Crippen molar-refractivity contribution < 1.29 is 0 Å². The van der Waals surface area contributed by atoms with E-state index in [-0.39, 0.29) is 0 Å². The zero-order valence-electron chi connectivity index (χ0n) is 8.84. The average molecular weight is 181 g/mol. The highest BCUT2D eigenvalue weighted by molar-refractivity contribution is 4.85. The third-order valence-corrected chi connectivity index (χ3v) is 4.32. The fourth-order valence-corrected chi connectivity index (χ4v) is 3.39. The fraction of sp³-hybridized carbons (Fsp3) is 1.00. The smallest absolute Gasteiger partial charge is 0.00388 e. The van der Waals surface area contributed by atoms with Crippen molar-refractivity contribution in [3.63, 3.8) is 0 Å². The molecule has 0 aliphatic heterocycles. The molecule has 0 saturated heterocycles. The van der Waals surface area contributed by atoms with E-state index in [1.165, 1.54) is 44.9 Å². The van der Waals surface area contributed by atoms with Crippen LogP contribution in [0, 0.1) is 17.8 Å². The second-order valence-corrected chi connectivity index (χ2v) is 5.24. The van der Waals surface area contributed by atoms with Crippen LogP contribution in [0.1, 0.15) is 51.9 Å². The van der Waals surface area contributed by atoms with Crippen molar-refractivity contribution >= 4 is 0 Å². The molecule has 1 nitrogen and oxygen atoms in total. The second-order valence-electron chi connectivity index (χ2n) is 5.24. The van der Waals surface area contributed by atoms with Crippen molar-refractivity contribution in [3.05, 3.63) is 0 Å². The first-order valence-corrected chi connectivity index (χ1v) is 6.03. The summed E-state index contributed by atoms with van der Waals surface area (Å²) in [4.78, 5) is 0. The van der Waals surface area contributed by atoms with Gasteiger partial charge in [0.15, 0.2) is 0 Å². The molecule has 2 N–H and O–H groups in total. The van der Waals surface area contributed by atoms with Crippen molar-refractivity contribution in [2.45, 2.75) is 57.9 Å². The predicted molar refractivity (Wildman–Crippen MR) is 56.4 cm³/mol. The lowest BCUT2D eigenvalue weighted by molar-refractivity contribution is 0.120. The molecule has 3 unspecified atom stereocenters. The first-order valence-electron chi connectivity index (χ1n) is 6.03. The molecule has 0 bridgehead atoms. The van der Waals surface area contributed by atoms with Gasteiger partial charge >= 0.3 is 0 Å². The van der Waals surface area contributed by atoms with Crippen molar-refractivity contribution in [1.82, 2.24) is 0 Å². The average Bonchev–Trinajstić information content (AvgIpc) is 2.17. The van der Waals surface area contributed by atoms with Gasteiger partial charge in [-0.1, -0.05) is 25.7 Å². The Labute approximate surface area is 82.1 Å². The van der Waals surface area contributed by atoms with E-state index < -0.39 is 0 Å². The van der Waals surface area contributed by atoms with Crippen LogP contribution in [0.2, 0.25) is 0 Å². The van der Waals surface area contributed by atoms with Gasteiger partial charge in [0.05, 0.1) is 0 Å². The van der Waals surface area contributed by atoms with Crippen LogP contribution < -0.4 is 5.73 Å². The number of fused-ring (bicyclic) bond motifs is 1. The summed E-state index contributed by atoms with van der Waals surface area (Å²) in [6.07, 6.45) is 10.3. The predicted octanol–water partition coefficient (Wildman–Crippen LogP) is 2.94. The quantitative estimate of drug-likeness (QED) is 0.661. The van der Waals surface area contributed by atoms with Crippen molar-refractivity contribution in [2.75, 3.05) is 0 Å². The highest BCUT2D eigenvalue weighted by atomic mass is 14.6. The van der Waals surface area contributed by atoms with Gasteiger partial charge in [-0.3, -0.25) is 0 Å². The maximum absolute atomic E-state index is 5.99. The third kappa shape index (κ3) is 2.07. The van der Waals surface area contributed by atoms with E-state index in [2.05, 4.69) is 6.92 Å². The molecule has 0 aromatic rings. The Morgan fingerprint density at radius 3 is 2.38 bits per heavy atom. The zero-order valence-corrected chi connectivity index (χ0v) is 8.84. The van der Waals surface area contributed by atoms with Gasteiger partial charge in [0.1, 0.15) is 0 Å². The van der Waals surface area contributed by atoms with Crippen LogP contribution in [-0.2, 0) is 0 Å². The summed E-state index contributed by atoms with van der Waals surface area (Å²) in [6.45, 7) is 2.19. The van der Waals surface area contributed by atoms with E-state index in [9.17, 15) is 0 Å². The molecule has 13 heavy (non-hydrogen) atoms. The van der Waals surface area contributed by atoms with E-state index in [1.807, 2.05) is 0 Å². The first-order chi connectivity index (χ1) is 6.27. The number of rotatable bonds is 1. The Morgan fingerprint density at radius 2 is 1.69 bits per heavy atom. The first kappa shape index (κ1) is 9.51. The number of nitrogens with two attached hydrogens (primary N) is 1. The summed E-state index contributed by atoms with van der Waals surface area (Å²) in [5.74, 6) is 2.95. The molecule has 0 heterocycles. The molecule has 2 aliphatic rings. The molecule has 2 fully saturated rings. The Hall–Kier alpha value is -0.0400. The lowest BCUT2D eigenvalue weighted by atomic mass is 9.66. The molecule has 0 spiro atoms. The van der Waals surface area contributed by atoms with E-state index in [1.54, 1.807) is 0 Å². The van der Waals surface area contributed by atoms with Crippen LogP contribution in [0.25, 0.3) is 0 Å². The normalized spacial score (nSPS) is 42.5. The number of hydrogen-bond acceptors (Lipinski definition) is 1. The Morgan fingerprint density at radius 1 is 1.00 bits per heavy atom. The van der Waals surface area contributed by atoms with Crippen molar-refractivity contribution in [2.24, 2.45) is 23.5 Å². The van der Waals surface area contributed by atoms with E-state index in [0.29, 0.717) is 6.04 Å². The molecule has 0 aromatic heterocycles. The van der Waals surface area contributed by atoms with Gasteiger partial charge in [-0.15, -0.1) is 0 Å². The van der Waals surface area contributed by atoms with E-state index in [0.717, 1.165) is 17.8 Å². The summed E-state index contributed by atoms with van der Waals surface area (Å²) in [6, 6.07) is 0.433. The van der Waals surface area contributed by atoms with E-state index in [4.69, 9.17) is 5.73 Å². The summed E-state index contributed by atoms with van der Waals surface area (Å²) in [5.41, 5.74) is 5.99. The van der Waals surface area contributed by atoms with Gasteiger partial charge in [-0.2, -0.15) is 0 Å². The van der Waals surface area contributed by atoms with Crippen LogP contribution in [-0.4, -0.2) is 6.04 Å². The summed E-state index contributed by atoms with van der Waals surface area (Å²) in [5, 5.41) is 0. The second kappa shape index (κ2) is 4.00. The van der Waals surface area contributed by atoms with Gasteiger partial charge in [-0.05, 0) is 43.9 Å². The summed E-state index contributed by atoms with van der Waals surface area (Å²) >= 11 is 0. The molecule has 76 valence electrons. The highest BCUT2D eigenvalue weighted by Crippen LogP contribution is 2.43. The molecule has 2 aliphatic carbocycles. The molecule has 0 aromatic carbocycles. The van der Waals surface area contributed by atoms with Gasteiger partial charge in [0, 0.05) is 6.04 Å². The Balaban J connectivity index is 1.91. The highest BCUT2D eigenvalue weighted by Gasteiger charge is 2.33. The van der Waals surface area contributed by atoms with Crippen LogP contribution in [0.15, 0.2) is 0 Å². The molecule has 4 atom stereocenters. The van der Waals surface area contributed by atoms with Crippen LogP contribution >= 0.6 is 0 Å². The van der Waals surface area contributed by atoms with Crippen LogP contribution in [0.4, 0.5) is 0 Å². The zero-order chi connectivity index (χ0) is 9.26. The van der Waals surface area contributed by atoms with Crippen molar-refractivity contribution in [3.8, 4) is 0 Å². The summed E-state index contributed by atoms with van der Waals surface area (Å²) < 4.78 is 0. The standard InChI is InChI=1S/C12H23N/c1-9(13)11-7-6-10-4-2-3-5-12(10)8-11/h9-12H,2-8,13H2,1H3/t9-,10?,11?,12?/m1/s1. The minimum Gasteiger partial charge on any atom is -0.328 e. The molecular formula is C12H23N. The molecular weight excluding hydrogens is 158 g/mol. The molecule has 2 saturated carbocycles. The Bertz CT molecular complexity index is 165. The molecule has 1 heteroatoms. The minimum atomic E-state index is 0.433.